The first-order valence-electron chi connectivity index (χ1n) is 40.8. The molecule has 0 spiro atoms. The number of nitrogens with zero attached hydrogens (tertiary/aromatic N) is 1. The molecule has 90 heavy (non-hydrogen) atoms. The van der Waals surface area contributed by atoms with Gasteiger partial charge in [-0.15, -0.1) is 0 Å². The van der Waals surface area contributed by atoms with Crippen LogP contribution >= 0.6 is 0 Å². The van der Waals surface area contributed by atoms with Crippen molar-refractivity contribution in [1.29, 1.82) is 0 Å². The second-order valence-electron chi connectivity index (χ2n) is 26.7. The van der Waals surface area contributed by atoms with Gasteiger partial charge in [-0.1, -0.05) is 312 Å². The Labute approximate surface area is 576 Å². The van der Waals surface area contributed by atoms with Crippen LogP contribution in [0.25, 0.3) is 0 Å². The summed E-state index contributed by atoms with van der Waals surface area (Å²) in [6, 6.07) is 1.59. The number of nitrogens with one attached hydrogen (secondary N) is 2. The number of ether oxygens (including phenoxy) is 4. The monoisotopic (exact) mass is 1290 g/mol. The maximum atomic E-state index is 5.41. The SMILES string of the molecule is CC.CC.CC.CC.CC.CC.CC.CC.CC.CC(C)C1CCCC1.CC(C)C1CCCC1.CC(C)C1CCCC1.CC(C)C1CCCN1.CC(C)C1CCCO1.CC(C)C1CCNC1.CC(C)C1CCOC1.CC(C)C1OCCO1.CC(C)N1CCCC1. The highest BCUT2D eigenvalue weighted by molar-refractivity contribution is 4.77. The molecule has 2 N–H and O–H groups in total. The van der Waals surface area contributed by atoms with E-state index in [4.69, 9.17) is 18.9 Å². The molecule has 9 rings (SSSR count). The summed E-state index contributed by atoms with van der Waals surface area (Å²) in [5.41, 5.74) is 0. The van der Waals surface area contributed by atoms with Crippen LogP contribution in [-0.4, -0.2) is 95.1 Å². The molecule has 4 unspecified atom stereocenters. The Balaban J connectivity index is -0.000000113. The van der Waals surface area contributed by atoms with Crippen LogP contribution in [0.3, 0.4) is 0 Å². The number of hydrogen-bond acceptors (Lipinski definition) is 7. The fourth-order valence-corrected chi connectivity index (χ4v) is 11.6. The zero-order valence-electron chi connectivity index (χ0n) is 70.1. The molecule has 7 nitrogen and oxygen atoms in total. The summed E-state index contributed by atoms with van der Waals surface area (Å²) in [5, 5.41) is 6.81. The maximum absolute atomic E-state index is 5.41. The molecule has 0 amide bonds. The predicted molar refractivity (Wildman–Crippen MR) is 418 cm³/mol. The summed E-state index contributed by atoms with van der Waals surface area (Å²) in [6.45, 7) is 87.8. The molecule has 0 bridgehead atoms. The Kier molecular flexibility index (Phi) is 102. The fraction of sp³-hybridized carbons (Fsp3) is 1.00. The van der Waals surface area contributed by atoms with E-state index in [0.717, 1.165) is 116 Å². The third kappa shape index (κ3) is 67.7. The van der Waals surface area contributed by atoms with Gasteiger partial charge >= 0.3 is 0 Å². The molecule has 4 atom stereocenters. The first kappa shape index (κ1) is 108. The van der Waals surface area contributed by atoms with Crippen molar-refractivity contribution < 1.29 is 18.9 Å². The van der Waals surface area contributed by atoms with Gasteiger partial charge in [0.25, 0.3) is 0 Å². The number of rotatable bonds is 9. The standard InChI is InChI=1S/3C8H16.3C7H15N.2C7H14O.C6H12O2.9C2H6/c3*1-7(2)8-5-3-4-6-8;1-6(2)7-3-4-8-5-7;1-7(2)8-5-3-4-6-8;1-6(2)7-4-3-5-8-7;1-6(2)7-3-4-8-5-7;1-6(2)7-4-3-5-8-7;1-5(2)6-7-3-4-8-6;9*1-2/h3*7-8H,3-6H2,1-2H3;6-8H,3-5H2,1-2H3;7H,3-6H2,1-2H3;6-8H,3-5H2,1-2H3;2*6-7H,3-5H2,1-2H3;5-6H,3-4H2,1-2H3;9*1-2H3. The van der Waals surface area contributed by atoms with Gasteiger partial charge in [-0.2, -0.15) is 0 Å². The summed E-state index contributed by atoms with van der Waals surface area (Å²) in [4.78, 5) is 2.53. The van der Waals surface area contributed by atoms with Crippen molar-refractivity contribution in [1.82, 2.24) is 15.5 Å². The quantitative estimate of drug-likeness (QED) is 0.238. The van der Waals surface area contributed by atoms with E-state index in [-0.39, 0.29) is 6.29 Å². The van der Waals surface area contributed by atoms with Crippen LogP contribution in [0.2, 0.25) is 0 Å². The molecule has 6 aliphatic heterocycles. The van der Waals surface area contributed by atoms with Crippen molar-refractivity contribution in [2.45, 2.75) is 402 Å². The smallest absolute Gasteiger partial charge is 0.160 e. The van der Waals surface area contributed by atoms with E-state index in [2.05, 4.69) is 140 Å². The lowest BCUT2D eigenvalue weighted by Crippen LogP contribution is -2.26. The second kappa shape index (κ2) is 84.8. The molecule has 558 valence electrons. The van der Waals surface area contributed by atoms with Gasteiger partial charge in [-0.05, 0) is 169 Å². The molecule has 3 aliphatic carbocycles. The van der Waals surface area contributed by atoms with Gasteiger partial charge in [0, 0.05) is 37.8 Å². The van der Waals surface area contributed by atoms with Gasteiger partial charge in [-0.25, -0.2) is 0 Å². The third-order valence-electron chi connectivity index (χ3n) is 17.7. The molecule has 0 radical (unpaired) electrons. The van der Waals surface area contributed by atoms with E-state index >= 15 is 0 Å². The molecule has 9 aliphatic rings. The Morgan fingerprint density at radius 1 is 0.300 bits per heavy atom. The summed E-state index contributed by atoms with van der Waals surface area (Å²) < 4.78 is 21.0. The molecule has 0 aromatic heterocycles. The molecular weight excluding hydrogens is 1100 g/mol. The predicted octanol–water partition coefficient (Wildman–Crippen LogP) is 26.4. The molecule has 3 saturated carbocycles. The average Bonchev–Trinajstić information content (AvgIpc) is 4.50. The highest BCUT2D eigenvalue weighted by Gasteiger charge is 2.23. The van der Waals surface area contributed by atoms with Crippen molar-refractivity contribution >= 4 is 0 Å². The van der Waals surface area contributed by atoms with E-state index in [1.54, 1.807) is 0 Å². The van der Waals surface area contributed by atoms with Crippen LogP contribution in [0.4, 0.5) is 0 Å². The lowest BCUT2D eigenvalue weighted by Gasteiger charge is -2.18. The highest BCUT2D eigenvalue weighted by atomic mass is 16.7. The summed E-state index contributed by atoms with van der Waals surface area (Å²) in [6.07, 6.45) is 29.3. The van der Waals surface area contributed by atoms with E-state index < -0.39 is 0 Å². The van der Waals surface area contributed by atoms with Crippen LogP contribution in [0.5, 0.6) is 0 Å². The van der Waals surface area contributed by atoms with Crippen molar-refractivity contribution in [2.75, 3.05) is 65.8 Å². The zero-order valence-corrected chi connectivity index (χ0v) is 70.1. The largest absolute Gasteiger partial charge is 0.381 e. The molecule has 9 fully saturated rings. The van der Waals surface area contributed by atoms with Gasteiger partial charge in [0.15, 0.2) is 6.29 Å². The Hall–Kier alpha value is -0.280. The summed E-state index contributed by atoms with van der Waals surface area (Å²) >= 11 is 0. The fourth-order valence-electron chi connectivity index (χ4n) is 11.6. The van der Waals surface area contributed by atoms with E-state index in [1.165, 1.54) is 161 Å². The lowest BCUT2D eigenvalue weighted by molar-refractivity contribution is -0.0732. The van der Waals surface area contributed by atoms with Crippen LogP contribution in [0.1, 0.15) is 378 Å². The van der Waals surface area contributed by atoms with Crippen LogP contribution in [0.15, 0.2) is 0 Å². The zero-order chi connectivity index (χ0) is 71.8. The maximum Gasteiger partial charge on any atom is 0.160 e. The van der Waals surface area contributed by atoms with Crippen LogP contribution < -0.4 is 10.6 Å². The third-order valence-corrected chi connectivity index (χ3v) is 17.7. The van der Waals surface area contributed by atoms with Crippen LogP contribution in [-0.2, 0) is 18.9 Å². The molecule has 7 heteroatoms. The van der Waals surface area contributed by atoms with Crippen molar-refractivity contribution in [3.63, 3.8) is 0 Å². The minimum absolute atomic E-state index is 0.0648. The Bertz CT molecular complexity index is 854. The number of hydrogen-bond donors (Lipinski definition) is 2. The van der Waals surface area contributed by atoms with Gasteiger partial charge < -0.3 is 34.5 Å². The minimum atomic E-state index is 0.0648. The topological polar surface area (TPSA) is 64.2 Å². The molecule has 6 saturated heterocycles. The normalized spacial score (nSPS) is 21.3. The van der Waals surface area contributed by atoms with E-state index in [1.807, 2.05) is 125 Å². The second-order valence-corrected chi connectivity index (χ2v) is 26.7. The summed E-state index contributed by atoms with van der Waals surface area (Å²) in [5.74, 6) is 11.6. The highest BCUT2D eigenvalue weighted by Crippen LogP contribution is 2.32. The van der Waals surface area contributed by atoms with Crippen molar-refractivity contribution in [3.8, 4) is 0 Å². The first-order chi connectivity index (χ1) is 43.2. The molecule has 6 heterocycles. The average molecular weight is 1290 g/mol. The minimum Gasteiger partial charge on any atom is -0.381 e. The van der Waals surface area contributed by atoms with Gasteiger partial charge in [0.1, 0.15) is 0 Å². The van der Waals surface area contributed by atoms with E-state index in [9.17, 15) is 0 Å². The number of likely N-dealkylation sites (tertiary alicyclic amines) is 1. The molecule has 0 aromatic carbocycles. The first-order valence-corrected chi connectivity index (χ1v) is 40.8. The Morgan fingerprint density at radius 2 is 0.678 bits per heavy atom. The van der Waals surface area contributed by atoms with Crippen LogP contribution in [0, 0.1) is 76.9 Å². The van der Waals surface area contributed by atoms with E-state index in [0.29, 0.717) is 12.0 Å². The van der Waals surface area contributed by atoms with Crippen molar-refractivity contribution in [2.24, 2.45) is 76.9 Å². The molecular formula is C83H187N3O4. The summed E-state index contributed by atoms with van der Waals surface area (Å²) in [7, 11) is 0. The van der Waals surface area contributed by atoms with Gasteiger partial charge in [0.05, 0.1) is 19.3 Å². The van der Waals surface area contributed by atoms with Gasteiger partial charge in [0.2, 0.25) is 0 Å². The van der Waals surface area contributed by atoms with Crippen molar-refractivity contribution in [3.05, 3.63) is 0 Å². The Morgan fingerprint density at radius 3 is 0.833 bits per heavy atom. The molecule has 0 aromatic rings. The van der Waals surface area contributed by atoms with Gasteiger partial charge in [-0.3, -0.25) is 0 Å². The lowest BCUT2D eigenvalue weighted by atomic mass is 9.95.